The fourth-order valence-corrected chi connectivity index (χ4v) is 3.50. The number of carbonyl (C=O) groups excluding carboxylic acids is 2. The highest BCUT2D eigenvalue weighted by molar-refractivity contribution is 9.10. The molecule has 5 nitrogen and oxygen atoms in total. The fraction of sp³-hybridized carbons (Fsp3) is 0.300. The lowest BCUT2D eigenvalue weighted by molar-refractivity contribution is -0.122. The molecule has 0 bridgehead atoms. The number of methoxy groups -OCH3 is 1. The van der Waals surface area contributed by atoms with Crippen LogP contribution in [0.5, 0.6) is 5.75 Å². The second-order valence-electron chi connectivity index (χ2n) is 6.44. The van der Waals surface area contributed by atoms with Crippen LogP contribution in [0, 0.1) is 19.8 Å². The Balaban J connectivity index is 1.74. The summed E-state index contributed by atoms with van der Waals surface area (Å²) in [6.07, 6.45) is 0.206. The predicted molar refractivity (Wildman–Crippen MR) is 106 cm³/mol. The fourth-order valence-electron chi connectivity index (χ4n) is 3.07. The van der Waals surface area contributed by atoms with Gasteiger partial charge in [0.05, 0.1) is 13.0 Å². The average Bonchev–Trinajstić information content (AvgIpc) is 3.04. The molecular formula is C20H21BrN2O3. The van der Waals surface area contributed by atoms with Gasteiger partial charge >= 0.3 is 0 Å². The van der Waals surface area contributed by atoms with E-state index in [2.05, 4.69) is 21.2 Å². The molecule has 2 amide bonds. The summed E-state index contributed by atoms with van der Waals surface area (Å²) >= 11 is 3.49. The van der Waals surface area contributed by atoms with Gasteiger partial charge in [0, 0.05) is 34.9 Å². The van der Waals surface area contributed by atoms with E-state index >= 15 is 0 Å². The Kier molecular flexibility index (Phi) is 5.32. The lowest BCUT2D eigenvalue weighted by Crippen LogP contribution is -2.28. The van der Waals surface area contributed by atoms with Gasteiger partial charge in [-0.1, -0.05) is 22.0 Å². The lowest BCUT2D eigenvalue weighted by atomic mass is 10.1. The molecule has 0 spiro atoms. The van der Waals surface area contributed by atoms with Gasteiger partial charge < -0.3 is 15.0 Å². The minimum absolute atomic E-state index is 0.0536. The molecule has 1 N–H and O–H groups in total. The van der Waals surface area contributed by atoms with Crippen molar-refractivity contribution in [3.8, 4) is 5.75 Å². The van der Waals surface area contributed by atoms with Crippen LogP contribution in [0.1, 0.15) is 17.5 Å². The van der Waals surface area contributed by atoms with Crippen molar-refractivity contribution in [3.05, 3.63) is 52.0 Å². The van der Waals surface area contributed by atoms with Crippen LogP contribution in [-0.4, -0.2) is 25.5 Å². The van der Waals surface area contributed by atoms with Crippen LogP contribution in [0.15, 0.2) is 40.9 Å². The molecule has 1 aliphatic rings. The number of anilines is 2. The highest BCUT2D eigenvalue weighted by Gasteiger charge is 2.35. The lowest BCUT2D eigenvalue weighted by Gasteiger charge is -2.18. The van der Waals surface area contributed by atoms with Crippen LogP contribution in [0.3, 0.4) is 0 Å². The topological polar surface area (TPSA) is 58.6 Å². The van der Waals surface area contributed by atoms with Crippen molar-refractivity contribution in [2.24, 2.45) is 5.92 Å². The van der Waals surface area contributed by atoms with E-state index in [9.17, 15) is 9.59 Å². The zero-order valence-corrected chi connectivity index (χ0v) is 16.6. The third-order valence-electron chi connectivity index (χ3n) is 4.84. The highest BCUT2D eigenvalue weighted by Crippen LogP contribution is 2.30. The second-order valence-corrected chi connectivity index (χ2v) is 7.30. The molecule has 3 rings (SSSR count). The van der Waals surface area contributed by atoms with Gasteiger partial charge in [-0.25, -0.2) is 0 Å². The number of ether oxygens (including phenoxy) is 1. The summed E-state index contributed by atoms with van der Waals surface area (Å²) in [4.78, 5) is 26.7. The number of nitrogens with one attached hydrogen (secondary N) is 1. The molecule has 1 aliphatic heterocycles. The first-order valence-corrected chi connectivity index (χ1v) is 9.21. The summed E-state index contributed by atoms with van der Waals surface area (Å²) in [5, 5.41) is 2.97. The summed E-state index contributed by atoms with van der Waals surface area (Å²) in [7, 11) is 1.59. The summed E-state index contributed by atoms with van der Waals surface area (Å²) < 4.78 is 6.22. The number of hydrogen-bond acceptors (Lipinski definition) is 3. The Labute approximate surface area is 161 Å². The van der Waals surface area contributed by atoms with Gasteiger partial charge in [-0.05, 0) is 49.2 Å². The average molecular weight is 417 g/mol. The summed E-state index contributed by atoms with van der Waals surface area (Å²) in [6.45, 7) is 4.34. The number of halogens is 1. The van der Waals surface area contributed by atoms with Gasteiger partial charge in [0.1, 0.15) is 5.75 Å². The van der Waals surface area contributed by atoms with Crippen molar-refractivity contribution in [1.29, 1.82) is 0 Å². The molecule has 136 valence electrons. The van der Waals surface area contributed by atoms with Gasteiger partial charge in [-0.15, -0.1) is 0 Å². The number of hydrogen-bond donors (Lipinski definition) is 1. The van der Waals surface area contributed by atoms with E-state index in [1.807, 2.05) is 44.2 Å². The highest BCUT2D eigenvalue weighted by atomic mass is 79.9. The normalized spacial score (nSPS) is 16.7. The molecule has 0 radical (unpaired) electrons. The van der Waals surface area contributed by atoms with Gasteiger partial charge in [0.25, 0.3) is 0 Å². The summed E-state index contributed by atoms with van der Waals surface area (Å²) in [6, 6.07) is 11.1. The molecule has 2 aromatic carbocycles. The van der Waals surface area contributed by atoms with E-state index in [0.29, 0.717) is 12.3 Å². The largest absolute Gasteiger partial charge is 0.497 e. The molecule has 0 aliphatic carbocycles. The van der Waals surface area contributed by atoms with Crippen molar-refractivity contribution in [1.82, 2.24) is 0 Å². The van der Waals surface area contributed by atoms with Crippen molar-refractivity contribution in [3.63, 3.8) is 0 Å². The minimum atomic E-state index is -0.378. The molecular weight excluding hydrogens is 396 g/mol. The summed E-state index contributed by atoms with van der Waals surface area (Å²) in [5.41, 5.74) is 3.63. The van der Waals surface area contributed by atoms with Crippen molar-refractivity contribution in [2.75, 3.05) is 23.9 Å². The maximum atomic E-state index is 12.7. The number of rotatable bonds is 4. The molecule has 1 fully saturated rings. The van der Waals surface area contributed by atoms with Crippen LogP contribution in [0.4, 0.5) is 11.4 Å². The third kappa shape index (κ3) is 3.60. The summed E-state index contributed by atoms with van der Waals surface area (Å²) in [5.74, 6) is 0.122. The van der Waals surface area contributed by atoms with Crippen molar-refractivity contribution in [2.45, 2.75) is 20.3 Å². The van der Waals surface area contributed by atoms with Gasteiger partial charge in [-0.3, -0.25) is 9.59 Å². The van der Waals surface area contributed by atoms with E-state index in [-0.39, 0.29) is 24.2 Å². The Bertz CT molecular complexity index is 866. The Morgan fingerprint density at radius 3 is 2.73 bits per heavy atom. The van der Waals surface area contributed by atoms with Gasteiger partial charge in [-0.2, -0.15) is 0 Å². The van der Waals surface area contributed by atoms with E-state index < -0.39 is 0 Å². The van der Waals surface area contributed by atoms with Crippen LogP contribution in [-0.2, 0) is 9.59 Å². The molecule has 26 heavy (non-hydrogen) atoms. The van der Waals surface area contributed by atoms with Crippen LogP contribution in [0.25, 0.3) is 0 Å². The zero-order chi connectivity index (χ0) is 18.8. The third-order valence-corrected chi connectivity index (χ3v) is 5.70. The van der Waals surface area contributed by atoms with Crippen LogP contribution in [0.2, 0.25) is 0 Å². The maximum Gasteiger partial charge on any atom is 0.229 e. The molecule has 0 saturated carbocycles. The van der Waals surface area contributed by atoms with E-state index in [4.69, 9.17) is 4.74 Å². The molecule has 2 aromatic rings. The Hall–Kier alpha value is -2.34. The number of benzene rings is 2. The monoisotopic (exact) mass is 416 g/mol. The molecule has 6 heteroatoms. The smallest absolute Gasteiger partial charge is 0.229 e. The second kappa shape index (κ2) is 7.50. The van der Waals surface area contributed by atoms with E-state index in [1.165, 1.54) is 0 Å². The molecule has 1 atom stereocenters. The Morgan fingerprint density at radius 2 is 2.00 bits per heavy atom. The standard InChI is InChI=1S/C20H21BrN2O3/c1-12-13(2)18(8-7-17(12)21)22-20(25)14-9-19(24)23(11-14)15-5-4-6-16(10-15)26-3/h4-8,10,14H,9,11H2,1-3H3,(H,22,25)/t14-/m0/s1. The number of carbonyl (C=O) groups is 2. The van der Waals surface area contributed by atoms with Gasteiger partial charge in [0.15, 0.2) is 0 Å². The predicted octanol–water partition coefficient (Wildman–Crippen LogP) is 4.07. The van der Waals surface area contributed by atoms with E-state index in [1.54, 1.807) is 18.1 Å². The first-order chi connectivity index (χ1) is 12.4. The van der Waals surface area contributed by atoms with Crippen molar-refractivity contribution < 1.29 is 14.3 Å². The van der Waals surface area contributed by atoms with Crippen LogP contribution < -0.4 is 15.0 Å². The molecule has 1 heterocycles. The quantitative estimate of drug-likeness (QED) is 0.816. The first kappa shape index (κ1) is 18.5. The number of amides is 2. The Morgan fingerprint density at radius 1 is 1.23 bits per heavy atom. The molecule has 0 aromatic heterocycles. The minimum Gasteiger partial charge on any atom is -0.497 e. The van der Waals surface area contributed by atoms with Crippen LogP contribution >= 0.6 is 15.9 Å². The van der Waals surface area contributed by atoms with E-state index in [0.717, 1.165) is 27.0 Å². The molecule has 1 saturated heterocycles. The first-order valence-electron chi connectivity index (χ1n) is 8.41. The zero-order valence-electron chi connectivity index (χ0n) is 15.0. The molecule has 0 unspecified atom stereocenters. The maximum absolute atomic E-state index is 12.7. The van der Waals surface area contributed by atoms with Gasteiger partial charge in [0.2, 0.25) is 11.8 Å². The van der Waals surface area contributed by atoms with Crippen molar-refractivity contribution >= 4 is 39.1 Å². The SMILES string of the molecule is COc1cccc(N2C[C@@H](C(=O)Nc3ccc(Br)c(C)c3C)CC2=O)c1. The number of nitrogens with zero attached hydrogens (tertiary/aromatic N) is 1.